The second-order valence-corrected chi connectivity index (χ2v) is 8.75. The Kier molecular flexibility index (Phi) is 6.12. The molecule has 0 unspecified atom stereocenters. The van der Waals surface area contributed by atoms with Crippen molar-refractivity contribution in [2.24, 2.45) is 0 Å². The van der Waals surface area contributed by atoms with E-state index in [9.17, 15) is 15.3 Å². The average Bonchev–Trinajstić information content (AvgIpc) is 2.74. The summed E-state index contributed by atoms with van der Waals surface area (Å²) in [7, 11) is 0. The van der Waals surface area contributed by atoms with Gasteiger partial charge in [-0.25, -0.2) is 0 Å². The monoisotopic (exact) mass is 455 g/mol. The third-order valence-corrected chi connectivity index (χ3v) is 5.80. The number of aromatic hydroxyl groups is 3. The first-order chi connectivity index (χ1) is 16.2. The zero-order chi connectivity index (χ0) is 24.6. The molecular formula is C29H29NO4. The van der Waals surface area contributed by atoms with Crippen molar-refractivity contribution in [3.63, 3.8) is 0 Å². The van der Waals surface area contributed by atoms with Gasteiger partial charge < -0.3 is 20.1 Å². The van der Waals surface area contributed by atoms with E-state index in [0.717, 1.165) is 22.3 Å². The van der Waals surface area contributed by atoms with E-state index in [0.29, 0.717) is 34.1 Å². The van der Waals surface area contributed by atoms with Crippen LogP contribution in [0.3, 0.4) is 0 Å². The fourth-order valence-electron chi connectivity index (χ4n) is 4.36. The quantitative estimate of drug-likeness (QED) is 0.289. The average molecular weight is 456 g/mol. The summed E-state index contributed by atoms with van der Waals surface area (Å²) in [4.78, 5) is 1.84. The number of benzene rings is 4. The third kappa shape index (κ3) is 4.37. The molecule has 0 saturated carbocycles. The second-order valence-electron chi connectivity index (χ2n) is 8.75. The van der Waals surface area contributed by atoms with Gasteiger partial charge in [0.25, 0.3) is 0 Å². The molecule has 4 rings (SSSR count). The summed E-state index contributed by atoms with van der Waals surface area (Å²) in [5, 5.41) is 32.0. The molecule has 174 valence electrons. The largest absolute Gasteiger partial charge is 0.508 e. The Balaban J connectivity index is 1.97. The van der Waals surface area contributed by atoms with Gasteiger partial charge in [0.1, 0.15) is 23.0 Å². The SMILES string of the molecule is Cc1cc(C)c(N(c2ccccc2Oc2ccc(O)c(C)c2)c2c(C)cc(C)cc2O)c(O)c1. The summed E-state index contributed by atoms with van der Waals surface area (Å²) in [6.07, 6.45) is 0. The van der Waals surface area contributed by atoms with Gasteiger partial charge in [-0.05, 0) is 105 Å². The number of aryl methyl sites for hydroxylation is 5. The van der Waals surface area contributed by atoms with E-state index < -0.39 is 0 Å². The molecule has 0 aliphatic rings. The zero-order valence-electron chi connectivity index (χ0n) is 20.0. The van der Waals surface area contributed by atoms with Gasteiger partial charge in [-0.15, -0.1) is 0 Å². The Labute approximate surface area is 200 Å². The molecule has 0 saturated heterocycles. The van der Waals surface area contributed by atoms with Crippen LogP contribution in [0, 0.1) is 34.6 Å². The first-order valence-electron chi connectivity index (χ1n) is 11.1. The highest BCUT2D eigenvalue weighted by Gasteiger charge is 2.26. The highest BCUT2D eigenvalue weighted by molar-refractivity contribution is 5.88. The summed E-state index contributed by atoms with van der Waals surface area (Å²) in [6.45, 7) is 9.53. The molecule has 4 aromatic rings. The predicted octanol–water partition coefficient (Wildman–Crippen LogP) is 7.61. The van der Waals surface area contributed by atoms with Crippen LogP contribution in [0.1, 0.15) is 27.8 Å². The first-order valence-corrected chi connectivity index (χ1v) is 11.1. The van der Waals surface area contributed by atoms with Crippen LogP contribution in [-0.4, -0.2) is 15.3 Å². The van der Waals surface area contributed by atoms with E-state index in [4.69, 9.17) is 4.74 Å². The maximum atomic E-state index is 11.1. The number of para-hydroxylation sites is 2. The number of hydrogen-bond donors (Lipinski definition) is 3. The van der Waals surface area contributed by atoms with Gasteiger partial charge in [0.2, 0.25) is 0 Å². The second kappa shape index (κ2) is 9.02. The molecular weight excluding hydrogens is 426 g/mol. The van der Waals surface area contributed by atoms with Crippen molar-refractivity contribution in [2.75, 3.05) is 4.90 Å². The summed E-state index contributed by atoms with van der Waals surface area (Å²) in [5.74, 6) is 1.51. The van der Waals surface area contributed by atoms with Crippen molar-refractivity contribution in [1.29, 1.82) is 0 Å². The lowest BCUT2D eigenvalue weighted by Crippen LogP contribution is -2.14. The fourth-order valence-corrected chi connectivity index (χ4v) is 4.36. The lowest BCUT2D eigenvalue weighted by molar-refractivity contribution is 0.460. The van der Waals surface area contributed by atoms with Crippen LogP contribution < -0.4 is 9.64 Å². The van der Waals surface area contributed by atoms with Gasteiger partial charge in [-0.3, -0.25) is 4.90 Å². The van der Waals surface area contributed by atoms with E-state index in [1.54, 1.807) is 30.3 Å². The standard InChI is InChI=1S/C29H29NO4/c1-17-12-20(4)28(25(32)14-17)30(29-21(5)13-18(2)15-26(29)33)23-8-6-7-9-27(23)34-22-10-11-24(31)19(3)16-22/h6-16,31-33H,1-5H3. The molecule has 0 aromatic heterocycles. The molecule has 4 aromatic carbocycles. The van der Waals surface area contributed by atoms with Gasteiger partial charge in [0, 0.05) is 0 Å². The topological polar surface area (TPSA) is 73.2 Å². The lowest BCUT2D eigenvalue weighted by atomic mass is 10.0. The minimum absolute atomic E-state index is 0.104. The fraction of sp³-hybridized carbons (Fsp3) is 0.172. The van der Waals surface area contributed by atoms with E-state index in [1.165, 1.54) is 0 Å². The molecule has 5 heteroatoms. The van der Waals surface area contributed by atoms with Crippen molar-refractivity contribution in [2.45, 2.75) is 34.6 Å². The van der Waals surface area contributed by atoms with E-state index >= 15 is 0 Å². The Hall–Kier alpha value is -4.12. The van der Waals surface area contributed by atoms with Crippen molar-refractivity contribution < 1.29 is 20.1 Å². The number of nitrogens with zero attached hydrogens (tertiary/aromatic N) is 1. The van der Waals surface area contributed by atoms with Crippen LogP contribution in [-0.2, 0) is 0 Å². The van der Waals surface area contributed by atoms with Crippen LogP contribution in [0.2, 0.25) is 0 Å². The van der Waals surface area contributed by atoms with E-state index in [2.05, 4.69) is 0 Å². The van der Waals surface area contributed by atoms with Gasteiger partial charge in [0.15, 0.2) is 5.75 Å². The maximum Gasteiger partial charge on any atom is 0.151 e. The molecule has 0 amide bonds. The highest BCUT2D eigenvalue weighted by atomic mass is 16.5. The highest BCUT2D eigenvalue weighted by Crippen LogP contribution is 2.50. The van der Waals surface area contributed by atoms with Crippen molar-refractivity contribution in [3.05, 3.63) is 94.5 Å². The van der Waals surface area contributed by atoms with E-state index in [-0.39, 0.29) is 17.2 Å². The number of phenolic OH excluding ortho intramolecular Hbond substituents is 3. The minimum atomic E-state index is 0.104. The maximum absolute atomic E-state index is 11.1. The summed E-state index contributed by atoms with van der Waals surface area (Å²) in [5.41, 5.74) is 6.06. The van der Waals surface area contributed by atoms with Crippen LogP contribution in [0.5, 0.6) is 28.7 Å². The normalized spacial score (nSPS) is 10.9. The number of anilines is 3. The number of phenols is 3. The molecule has 5 nitrogen and oxygen atoms in total. The van der Waals surface area contributed by atoms with Gasteiger partial charge in [-0.1, -0.05) is 24.3 Å². The van der Waals surface area contributed by atoms with Crippen molar-refractivity contribution in [1.82, 2.24) is 0 Å². The van der Waals surface area contributed by atoms with Gasteiger partial charge in [-0.2, -0.15) is 0 Å². The van der Waals surface area contributed by atoms with Gasteiger partial charge in [0.05, 0.1) is 17.1 Å². The Morgan fingerprint density at radius 3 is 1.68 bits per heavy atom. The number of ether oxygens (including phenoxy) is 1. The molecule has 0 bridgehead atoms. The zero-order valence-corrected chi connectivity index (χ0v) is 20.0. The molecule has 3 N–H and O–H groups in total. The number of hydrogen-bond acceptors (Lipinski definition) is 5. The molecule has 0 atom stereocenters. The van der Waals surface area contributed by atoms with E-state index in [1.807, 2.05) is 75.9 Å². The van der Waals surface area contributed by atoms with Crippen LogP contribution in [0.15, 0.2) is 66.7 Å². The summed E-state index contributed by atoms with van der Waals surface area (Å²) >= 11 is 0. The molecule has 0 radical (unpaired) electrons. The number of rotatable bonds is 5. The summed E-state index contributed by atoms with van der Waals surface area (Å²) < 4.78 is 6.26. The lowest BCUT2D eigenvalue weighted by Gasteiger charge is -2.31. The van der Waals surface area contributed by atoms with Crippen molar-refractivity contribution >= 4 is 17.1 Å². The minimum Gasteiger partial charge on any atom is -0.508 e. The van der Waals surface area contributed by atoms with Crippen LogP contribution in [0.4, 0.5) is 17.1 Å². The predicted molar refractivity (Wildman–Crippen MR) is 136 cm³/mol. The summed E-state index contributed by atoms with van der Waals surface area (Å²) in [6, 6.07) is 20.0. The van der Waals surface area contributed by atoms with Crippen LogP contribution >= 0.6 is 0 Å². The molecule has 0 aliphatic carbocycles. The van der Waals surface area contributed by atoms with Gasteiger partial charge >= 0.3 is 0 Å². The molecule has 0 heterocycles. The molecule has 0 fully saturated rings. The first kappa shape index (κ1) is 23.1. The third-order valence-electron chi connectivity index (χ3n) is 5.80. The van der Waals surface area contributed by atoms with Crippen LogP contribution in [0.25, 0.3) is 0 Å². The van der Waals surface area contributed by atoms with Crippen molar-refractivity contribution in [3.8, 4) is 28.7 Å². The molecule has 0 aliphatic heterocycles. The Morgan fingerprint density at radius 2 is 1.15 bits per heavy atom. The smallest absolute Gasteiger partial charge is 0.151 e. The Morgan fingerprint density at radius 1 is 0.588 bits per heavy atom. The Bertz CT molecular complexity index is 1270. The molecule has 34 heavy (non-hydrogen) atoms. The molecule has 0 spiro atoms.